The lowest BCUT2D eigenvalue weighted by Gasteiger charge is -2.00. The highest BCUT2D eigenvalue weighted by Gasteiger charge is 2.11. The normalized spacial score (nSPS) is 10.2. The molecule has 1 N–H and O–H groups in total. The van der Waals surface area contributed by atoms with Crippen LogP contribution in [0.25, 0.3) is 0 Å². The molecule has 2 heterocycles. The Balaban J connectivity index is 1.57. The molecule has 0 aliphatic heterocycles. The number of carbonyl (C=O) groups excluding carboxylic acids is 1. The largest absolute Gasteiger partial charge is 0.619 e. The average Bonchev–Trinajstić information content (AvgIpc) is 3.08. The summed E-state index contributed by atoms with van der Waals surface area (Å²) >= 11 is 2.77. The fourth-order valence-electron chi connectivity index (χ4n) is 1.87. The van der Waals surface area contributed by atoms with Gasteiger partial charge in [0.1, 0.15) is 0 Å². The quantitative estimate of drug-likeness (QED) is 0.321. The van der Waals surface area contributed by atoms with Crippen LogP contribution >= 0.6 is 23.1 Å². The van der Waals surface area contributed by atoms with Gasteiger partial charge in [0.25, 0.3) is 5.91 Å². The Morgan fingerprint density at radius 3 is 2.64 bits per heavy atom. The zero-order valence-electron chi connectivity index (χ0n) is 12.7. The van der Waals surface area contributed by atoms with E-state index in [4.69, 9.17) is 5.26 Å². The van der Waals surface area contributed by atoms with Crippen molar-refractivity contribution in [3.8, 4) is 6.07 Å². The topological polar surface area (TPSA) is 106 Å². The zero-order chi connectivity index (χ0) is 17.6. The second-order valence-corrected chi connectivity index (χ2v) is 7.07. The van der Waals surface area contributed by atoms with Gasteiger partial charge in [0, 0.05) is 17.9 Å². The van der Waals surface area contributed by atoms with E-state index in [0.717, 1.165) is 9.90 Å². The van der Waals surface area contributed by atoms with E-state index in [1.54, 1.807) is 12.1 Å². The molecule has 0 bridgehead atoms. The maximum atomic E-state index is 12.1. The van der Waals surface area contributed by atoms with Crippen molar-refractivity contribution < 1.29 is 9.52 Å². The minimum Gasteiger partial charge on any atom is -0.619 e. The molecule has 0 aliphatic carbocycles. The lowest BCUT2D eigenvalue weighted by atomic mass is 10.2. The maximum Gasteiger partial charge on any atom is 0.257 e. The molecule has 0 fully saturated rings. The van der Waals surface area contributed by atoms with Crippen molar-refractivity contribution in [2.75, 3.05) is 5.32 Å². The number of hydrogen-bond acceptors (Lipinski definition) is 7. The average molecular weight is 369 g/mol. The highest BCUT2D eigenvalue weighted by Crippen LogP contribution is 2.28. The molecule has 25 heavy (non-hydrogen) atoms. The molecule has 0 spiro atoms. The summed E-state index contributed by atoms with van der Waals surface area (Å²) in [6.45, 7) is 0. The third-order valence-corrected chi connectivity index (χ3v) is 5.18. The number of nitrogens with one attached hydrogen (secondary N) is 1. The summed E-state index contributed by atoms with van der Waals surface area (Å²) in [5.74, 6) is 0.344. The number of pyridine rings is 1. The highest BCUT2D eigenvalue weighted by atomic mass is 32.2. The summed E-state index contributed by atoms with van der Waals surface area (Å²) in [6, 6.07) is 12.3. The number of thioether (sulfide) groups is 1. The van der Waals surface area contributed by atoms with Crippen molar-refractivity contribution in [3.05, 3.63) is 70.7 Å². The van der Waals surface area contributed by atoms with Crippen LogP contribution in [-0.4, -0.2) is 16.1 Å². The monoisotopic (exact) mass is 369 g/mol. The van der Waals surface area contributed by atoms with E-state index in [-0.39, 0.29) is 5.91 Å². The van der Waals surface area contributed by atoms with Crippen LogP contribution in [0.3, 0.4) is 0 Å². The first kappa shape index (κ1) is 16.9. The molecule has 7 nitrogen and oxygen atoms in total. The number of nitriles is 1. The number of anilines is 1. The Kier molecular flexibility index (Phi) is 5.23. The predicted molar refractivity (Wildman–Crippen MR) is 94.0 cm³/mol. The third-order valence-electron chi connectivity index (χ3n) is 3.14. The van der Waals surface area contributed by atoms with Gasteiger partial charge in [-0.2, -0.15) is 9.99 Å². The van der Waals surface area contributed by atoms with Crippen LogP contribution in [0.15, 0.2) is 53.1 Å². The molecular weight excluding hydrogens is 358 g/mol. The number of rotatable bonds is 5. The standard InChI is InChI=1S/C16H11N5O2S2/c17-9-11-1-3-12(4-2-11)10-24-16-20-19-15(25-16)18-14(22)13-5-7-21(23)8-6-13/h1-8H,10H2,(H,18,19,22). The van der Waals surface area contributed by atoms with E-state index in [2.05, 4.69) is 21.6 Å². The van der Waals surface area contributed by atoms with Crippen molar-refractivity contribution in [3.63, 3.8) is 0 Å². The molecule has 1 aromatic carbocycles. The summed E-state index contributed by atoms with van der Waals surface area (Å²) in [4.78, 5) is 12.1. The molecule has 0 unspecified atom stereocenters. The van der Waals surface area contributed by atoms with Gasteiger partial charge in [-0.3, -0.25) is 10.1 Å². The van der Waals surface area contributed by atoms with Crippen LogP contribution < -0.4 is 10.0 Å². The summed E-state index contributed by atoms with van der Waals surface area (Å²) in [6.07, 6.45) is 2.52. The van der Waals surface area contributed by atoms with Crippen molar-refractivity contribution >= 4 is 34.1 Å². The molecule has 0 aliphatic rings. The molecule has 0 atom stereocenters. The van der Waals surface area contributed by atoms with Crippen molar-refractivity contribution in [2.24, 2.45) is 0 Å². The van der Waals surface area contributed by atoms with Crippen molar-refractivity contribution in [2.45, 2.75) is 10.1 Å². The van der Waals surface area contributed by atoms with Gasteiger partial charge in [-0.15, -0.1) is 10.2 Å². The number of hydrogen-bond donors (Lipinski definition) is 1. The predicted octanol–water partition coefficient (Wildman–Crippen LogP) is 2.59. The smallest absolute Gasteiger partial charge is 0.257 e. The molecule has 3 aromatic rings. The highest BCUT2D eigenvalue weighted by molar-refractivity contribution is 8.00. The van der Waals surface area contributed by atoms with Crippen molar-refractivity contribution in [1.29, 1.82) is 5.26 Å². The van der Waals surface area contributed by atoms with Crippen LogP contribution in [0.4, 0.5) is 5.13 Å². The zero-order valence-corrected chi connectivity index (χ0v) is 14.4. The summed E-state index contributed by atoms with van der Waals surface area (Å²) in [5.41, 5.74) is 2.06. The number of aromatic nitrogens is 3. The van der Waals surface area contributed by atoms with E-state index in [0.29, 0.717) is 26.7 Å². The van der Waals surface area contributed by atoms with Gasteiger partial charge in [-0.05, 0) is 17.7 Å². The first-order chi connectivity index (χ1) is 12.1. The molecule has 0 radical (unpaired) electrons. The van der Waals surface area contributed by atoms with Gasteiger partial charge in [0.15, 0.2) is 16.7 Å². The summed E-state index contributed by atoms with van der Waals surface area (Å²) in [7, 11) is 0. The van der Waals surface area contributed by atoms with Gasteiger partial charge in [0.05, 0.1) is 17.2 Å². The molecular formula is C16H11N5O2S2. The second-order valence-electron chi connectivity index (χ2n) is 4.87. The van der Waals surface area contributed by atoms with E-state index in [1.165, 1.54) is 47.6 Å². The van der Waals surface area contributed by atoms with Gasteiger partial charge in [-0.25, -0.2) is 0 Å². The Hall–Kier alpha value is -2.96. The number of nitrogens with zero attached hydrogens (tertiary/aromatic N) is 4. The molecule has 2 aromatic heterocycles. The Morgan fingerprint density at radius 1 is 1.24 bits per heavy atom. The van der Waals surface area contributed by atoms with Crippen LogP contribution in [0.5, 0.6) is 0 Å². The van der Waals surface area contributed by atoms with Crippen LogP contribution in [-0.2, 0) is 5.75 Å². The number of benzene rings is 1. The number of carbonyl (C=O) groups is 1. The molecule has 0 saturated heterocycles. The van der Waals surface area contributed by atoms with Crippen LogP contribution in [0.2, 0.25) is 0 Å². The van der Waals surface area contributed by atoms with Crippen LogP contribution in [0, 0.1) is 16.5 Å². The summed E-state index contributed by atoms with van der Waals surface area (Å²) in [5, 5.41) is 30.8. The maximum absolute atomic E-state index is 12.1. The first-order valence-electron chi connectivity index (χ1n) is 7.09. The molecule has 124 valence electrons. The van der Waals surface area contributed by atoms with E-state index in [9.17, 15) is 10.0 Å². The fraction of sp³-hybridized carbons (Fsp3) is 0.0625. The molecule has 3 rings (SSSR count). The Morgan fingerprint density at radius 2 is 1.96 bits per heavy atom. The van der Waals surface area contributed by atoms with Gasteiger partial charge < -0.3 is 5.21 Å². The number of amides is 1. The van der Waals surface area contributed by atoms with Crippen LogP contribution in [0.1, 0.15) is 21.5 Å². The van der Waals surface area contributed by atoms with Gasteiger partial charge in [0.2, 0.25) is 5.13 Å². The van der Waals surface area contributed by atoms with Crippen molar-refractivity contribution in [1.82, 2.24) is 10.2 Å². The first-order valence-corrected chi connectivity index (χ1v) is 8.90. The minimum absolute atomic E-state index is 0.347. The lowest BCUT2D eigenvalue weighted by molar-refractivity contribution is -0.605. The van der Waals surface area contributed by atoms with E-state index < -0.39 is 0 Å². The molecule has 9 heteroatoms. The van der Waals surface area contributed by atoms with E-state index >= 15 is 0 Å². The minimum atomic E-state index is -0.347. The fourth-order valence-corrected chi connectivity index (χ4v) is 3.58. The van der Waals surface area contributed by atoms with Gasteiger partial charge in [-0.1, -0.05) is 35.2 Å². The summed E-state index contributed by atoms with van der Waals surface area (Å²) < 4.78 is 1.34. The van der Waals surface area contributed by atoms with E-state index in [1.807, 2.05) is 12.1 Å². The molecule has 1 amide bonds. The van der Waals surface area contributed by atoms with Gasteiger partial charge >= 0.3 is 0 Å². The molecule has 0 saturated carbocycles. The third kappa shape index (κ3) is 4.53. The second kappa shape index (κ2) is 7.74. The Labute approximate surface area is 151 Å². The lowest BCUT2D eigenvalue weighted by Crippen LogP contribution is -2.25. The Bertz CT molecular complexity index is 917. The SMILES string of the molecule is N#Cc1ccc(CSc2nnc(NC(=O)c3cc[n+]([O-])cc3)s2)cc1.